The molecule has 0 bridgehead atoms. The zero-order valence-corrected chi connectivity index (χ0v) is 16.8. The van der Waals surface area contributed by atoms with E-state index in [1.807, 2.05) is 69.5 Å². The summed E-state index contributed by atoms with van der Waals surface area (Å²) in [6.45, 7) is 9.52. The summed E-state index contributed by atoms with van der Waals surface area (Å²) in [6, 6.07) is 11.9. The standard InChI is InChI=1S/C20H29N3O2S/c1-5-21-19(23-14-20(4,24)18-10-7-11-26-18)22-13-16-8-6-9-17(12-16)25-15(2)3/h6-12,15,24H,5,13-14H2,1-4H3,(H2,21,22,23). The van der Waals surface area contributed by atoms with Crippen molar-refractivity contribution in [2.45, 2.75) is 45.9 Å². The summed E-state index contributed by atoms with van der Waals surface area (Å²) in [5.74, 6) is 1.53. The molecule has 3 N–H and O–H groups in total. The molecule has 0 saturated heterocycles. The molecule has 2 aromatic rings. The van der Waals surface area contributed by atoms with Crippen molar-refractivity contribution in [2.24, 2.45) is 4.99 Å². The molecule has 0 fully saturated rings. The topological polar surface area (TPSA) is 65.9 Å². The first-order valence-electron chi connectivity index (χ1n) is 8.95. The molecule has 1 aromatic heterocycles. The van der Waals surface area contributed by atoms with Crippen LogP contribution in [0.3, 0.4) is 0 Å². The highest BCUT2D eigenvalue weighted by atomic mass is 32.1. The van der Waals surface area contributed by atoms with Crippen LogP contribution in [0.4, 0.5) is 0 Å². The molecule has 6 heteroatoms. The fourth-order valence-corrected chi connectivity index (χ4v) is 3.22. The van der Waals surface area contributed by atoms with Gasteiger partial charge in [0.05, 0.1) is 19.2 Å². The van der Waals surface area contributed by atoms with E-state index >= 15 is 0 Å². The van der Waals surface area contributed by atoms with Gasteiger partial charge in [-0.3, -0.25) is 0 Å². The lowest BCUT2D eigenvalue weighted by atomic mass is 10.1. The molecule has 2 rings (SSSR count). The maximum atomic E-state index is 10.6. The Kier molecular flexibility index (Phi) is 7.48. The van der Waals surface area contributed by atoms with Gasteiger partial charge in [-0.15, -0.1) is 11.3 Å². The molecule has 0 aliphatic heterocycles. The molecular formula is C20H29N3O2S. The van der Waals surface area contributed by atoms with Gasteiger partial charge in [0.2, 0.25) is 0 Å². The maximum absolute atomic E-state index is 10.6. The average Bonchev–Trinajstić information content (AvgIpc) is 3.13. The van der Waals surface area contributed by atoms with Gasteiger partial charge in [0.1, 0.15) is 11.4 Å². The van der Waals surface area contributed by atoms with Gasteiger partial charge >= 0.3 is 0 Å². The highest BCUT2D eigenvalue weighted by Crippen LogP contribution is 2.24. The predicted octanol–water partition coefficient (Wildman–Crippen LogP) is 3.50. The summed E-state index contributed by atoms with van der Waals surface area (Å²) in [6.07, 6.45) is 0.146. The fraction of sp³-hybridized carbons (Fsp3) is 0.450. The van der Waals surface area contributed by atoms with Crippen LogP contribution in [0, 0.1) is 0 Å². The van der Waals surface area contributed by atoms with Crippen molar-refractivity contribution in [3.05, 3.63) is 52.2 Å². The lowest BCUT2D eigenvalue weighted by molar-refractivity contribution is 0.0655. The molecular weight excluding hydrogens is 346 g/mol. The van der Waals surface area contributed by atoms with Gasteiger partial charge in [0.25, 0.3) is 0 Å². The van der Waals surface area contributed by atoms with Crippen LogP contribution < -0.4 is 15.4 Å². The number of guanidine groups is 1. The van der Waals surface area contributed by atoms with Gasteiger partial charge in [0, 0.05) is 11.4 Å². The van der Waals surface area contributed by atoms with Crippen LogP contribution in [0.1, 0.15) is 38.1 Å². The molecule has 1 aromatic carbocycles. The quantitative estimate of drug-likeness (QED) is 0.488. The van der Waals surface area contributed by atoms with Crippen LogP contribution in [0.25, 0.3) is 0 Å². The predicted molar refractivity (Wildman–Crippen MR) is 109 cm³/mol. The molecule has 0 aliphatic carbocycles. The smallest absolute Gasteiger partial charge is 0.191 e. The highest BCUT2D eigenvalue weighted by Gasteiger charge is 2.24. The first-order chi connectivity index (χ1) is 12.4. The van der Waals surface area contributed by atoms with Gasteiger partial charge in [-0.25, -0.2) is 4.99 Å². The Balaban J connectivity index is 2.00. The number of aliphatic hydroxyl groups is 1. The third kappa shape index (κ3) is 6.35. The summed E-state index contributed by atoms with van der Waals surface area (Å²) in [4.78, 5) is 5.55. The lowest BCUT2D eigenvalue weighted by Crippen LogP contribution is -2.44. The summed E-state index contributed by atoms with van der Waals surface area (Å²) < 4.78 is 5.73. The van der Waals surface area contributed by atoms with Crippen LogP contribution in [0.2, 0.25) is 0 Å². The van der Waals surface area contributed by atoms with E-state index in [2.05, 4.69) is 15.6 Å². The summed E-state index contributed by atoms with van der Waals surface area (Å²) in [5, 5.41) is 19.1. The van der Waals surface area contributed by atoms with Crippen LogP contribution >= 0.6 is 11.3 Å². The minimum Gasteiger partial charge on any atom is -0.491 e. The molecule has 142 valence electrons. The van der Waals surface area contributed by atoms with Crippen LogP contribution in [-0.2, 0) is 12.1 Å². The third-order valence-electron chi connectivity index (χ3n) is 3.69. The Morgan fingerprint density at radius 1 is 1.27 bits per heavy atom. The first kappa shape index (κ1) is 20.3. The molecule has 26 heavy (non-hydrogen) atoms. The normalized spacial score (nSPS) is 14.2. The van der Waals surface area contributed by atoms with Crippen molar-refractivity contribution in [1.82, 2.24) is 10.6 Å². The van der Waals surface area contributed by atoms with Gasteiger partial charge < -0.3 is 20.5 Å². The number of rotatable bonds is 8. The third-order valence-corrected chi connectivity index (χ3v) is 4.81. The van der Waals surface area contributed by atoms with Gasteiger partial charge in [0.15, 0.2) is 5.96 Å². The van der Waals surface area contributed by atoms with Crippen molar-refractivity contribution in [2.75, 3.05) is 13.1 Å². The Labute approximate surface area is 160 Å². The zero-order valence-electron chi connectivity index (χ0n) is 16.0. The van der Waals surface area contributed by atoms with E-state index in [1.54, 1.807) is 11.3 Å². The number of thiophene rings is 1. The van der Waals surface area contributed by atoms with E-state index in [-0.39, 0.29) is 6.10 Å². The Hall–Kier alpha value is -2.05. The Morgan fingerprint density at radius 3 is 2.73 bits per heavy atom. The van der Waals surface area contributed by atoms with Crippen LogP contribution in [-0.4, -0.2) is 30.3 Å². The Bertz CT molecular complexity index is 697. The van der Waals surface area contributed by atoms with E-state index < -0.39 is 5.60 Å². The molecule has 0 spiro atoms. The van der Waals surface area contributed by atoms with Crippen molar-refractivity contribution >= 4 is 17.3 Å². The number of hydrogen-bond acceptors (Lipinski definition) is 4. The van der Waals surface area contributed by atoms with Crippen molar-refractivity contribution < 1.29 is 9.84 Å². The number of nitrogens with one attached hydrogen (secondary N) is 2. The van der Waals surface area contributed by atoms with Crippen LogP contribution in [0.5, 0.6) is 5.75 Å². The molecule has 0 radical (unpaired) electrons. The molecule has 5 nitrogen and oxygen atoms in total. The summed E-state index contributed by atoms with van der Waals surface area (Å²) >= 11 is 1.55. The maximum Gasteiger partial charge on any atom is 0.191 e. The van der Waals surface area contributed by atoms with Crippen molar-refractivity contribution in [3.63, 3.8) is 0 Å². The molecule has 0 amide bonds. The van der Waals surface area contributed by atoms with Gasteiger partial charge in [-0.05, 0) is 56.8 Å². The van der Waals surface area contributed by atoms with E-state index in [1.165, 1.54) is 0 Å². The van der Waals surface area contributed by atoms with Crippen molar-refractivity contribution in [3.8, 4) is 5.75 Å². The van der Waals surface area contributed by atoms with E-state index in [4.69, 9.17) is 4.74 Å². The second-order valence-electron chi connectivity index (χ2n) is 6.61. The largest absolute Gasteiger partial charge is 0.491 e. The minimum absolute atomic E-state index is 0.146. The molecule has 0 saturated carbocycles. The number of nitrogens with zero attached hydrogens (tertiary/aromatic N) is 1. The van der Waals surface area contributed by atoms with Gasteiger partial charge in [-0.1, -0.05) is 18.2 Å². The monoisotopic (exact) mass is 375 g/mol. The van der Waals surface area contributed by atoms with E-state index in [0.29, 0.717) is 19.0 Å². The summed E-state index contributed by atoms with van der Waals surface area (Å²) in [5.41, 5.74) is 0.139. The Morgan fingerprint density at radius 2 is 2.08 bits per heavy atom. The first-order valence-corrected chi connectivity index (χ1v) is 9.83. The number of ether oxygens (including phenoxy) is 1. The van der Waals surface area contributed by atoms with E-state index in [9.17, 15) is 5.11 Å². The number of hydrogen-bond donors (Lipinski definition) is 3. The molecule has 1 atom stereocenters. The zero-order chi connectivity index (χ0) is 19.0. The van der Waals surface area contributed by atoms with Crippen molar-refractivity contribution in [1.29, 1.82) is 0 Å². The second kappa shape index (κ2) is 9.59. The van der Waals surface area contributed by atoms with Crippen LogP contribution in [0.15, 0.2) is 46.8 Å². The second-order valence-corrected chi connectivity index (χ2v) is 7.56. The highest BCUT2D eigenvalue weighted by molar-refractivity contribution is 7.10. The summed E-state index contributed by atoms with van der Waals surface area (Å²) in [7, 11) is 0. The van der Waals surface area contributed by atoms with E-state index in [0.717, 1.165) is 22.7 Å². The average molecular weight is 376 g/mol. The van der Waals surface area contributed by atoms with Gasteiger partial charge in [-0.2, -0.15) is 0 Å². The number of aliphatic imine (C=N–C) groups is 1. The molecule has 0 aliphatic rings. The molecule has 1 heterocycles. The lowest BCUT2D eigenvalue weighted by Gasteiger charge is -2.23. The number of benzene rings is 1. The minimum atomic E-state index is -0.935. The SMILES string of the molecule is CCNC(=NCc1cccc(OC(C)C)c1)NCC(C)(O)c1cccs1. The fourth-order valence-electron chi connectivity index (χ4n) is 2.43. The molecule has 1 unspecified atom stereocenters.